The highest BCUT2D eigenvalue weighted by Crippen LogP contribution is 2.44. The maximum absolute atomic E-state index is 12.6. The van der Waals surface area contributed by atoms with Gasteiger partial charge >= 0.3 is 12.1 Å². The highest BCUT2D eigenvalue weighted by molar-refractivity contribution is 5.85. The molecule has 0 aromatic heterocycles. The number of amides is 2. The van der Waals surface area contributed by atoms with Crippen molar-refractivity contribution in [2.75, 3.05) is 6.61 Å². The first-order chi connectivity index (χ1) is 15.4. The fraction of sp³-hybridized carbons (Fsp3) is 0.400. The lowest BCUT2D eigenvalue weighted by atomic mass is 9.74. The summed E-state index contributed by atoms with van der Waals surface area (Å²) >= 11 is 0. The first-order valence-corrected chi connectivity index (χ1v) is 11.1. The van der Waals surface area contributed by atoms with Gasteiger partial charge in [-0.25, -0.2) is 9.59 Å². The first-order valence-electron chi connectivity index (χ1n) is 11.1. The predicted molar refractivity (Wildman–Crippen MR) is 119 cm³/mol. The lowest BCUT2D eigenvalue weighted by molar-refractivity contribution is -0.142. The summed E-state index contributed by atoms with van der Waals surface area (Å²) in [6, 6.07) is 15.3. The highest BCUT2D eigenvalue weighted by Gasteiger charge is 2.41. The number of benzene rings is 2. The normalized spacial score (nSPS) is 16.8. The zero-order chi connectivity index (χ0) is 22.7. The molecule has 7 heteroatoms. The van der Waals surface area contributed by atoms with E-state index in [0.29, 0.717) is 19.3 Å². The molecule has 0 aliphatic heterocycles. The van der Waals surface area contributed by atoms with Crippen LogP contribution >= 0.6 is 0 Å². The molecule has 2 aromatic rings. The summed E-state index contributed by atoms with van der Waals surface area (Å²) in [5, 5.41) is 14.6. The molecule has 0 spiro atoms. The third-order valence-corrected chi connectivity index (χ3v) is 6.56. The molecule has 0 bridgehead atoms. The quantitative estimate of drug-likeness (QED) is 0.584. The molecule has 2 amide bonds. The standard InChI is InChI=1S/C25H28N2O5/c1-2-21(23(29)30)26-22(28)14-25(12-7-13-25)27-24(31)32-15-20-18-10-5-3-8-16(18)17-9-4-6-11-19(17)20/h3-6,8-11,20-21H,2,7,12-15H2,1H3,(H,26,28)(H,27,31)(H,29,30). The molecule has 4 rings (SSSR count). The van der Waals surface area contributed by atoms with Crippen molar-refractivity contribution in [2.45, 2.75) is 56.5 Å². The molecule has 2 aliphatic carbocycles. The van der Waals surface area contributed by atoms with Gasteiger partial charge in [0.15, 0.2) is 0 Å². The lowest BCUT2D eigenvalue weighted by Crippen LogP contribution is -2.56. The van der Waals surface area contributed by atoms with Crippen LogP contribution in [0.4, 0.5) is 4.79 Å². The zero-order valence-electron chi connectivity index (χ0n) is 18.1. The molecule has 1 atom stereocenters. The van der Waals surface area contributed by atoms with Crippen LogP contribution in [0, 0.1) is 0 Å². The Morgan fingerprint density at radius 2 is 1.66 bits per heavy atom. The molecule has 7 nitrogen and oxygen atoms in total. The fourth-order valence-corrected chi connectivity index (χ4v) is 4.69. The number of carbonyl (C=O) groups is 3. The monoisotopic (exact) mass is 436 g/mol. The maximum atomic E-state index is 12.6. The Labute approximate surface area is 187 Å². The van der Waals surface area contributed by atoms with E-state index in [0.717, 1.165) is 28.7 Å². The van der Waals surface area contributed by atoms with Gasteiger partial charge in [-0.1, -0.05) is 55.5 Å². The van der Waals surface area contributed by atoms with Gasteiger partial charge in [0, 0.05) is 12.3 Å². The van der Waals surface area contributed by atoms with Crippen LogP contribution in [0.3, 0.4) is 0 Å². The largest absolute Gasteiger partial charge is 0.480 e. The van der Waals surface area contributed by atoms with Crippen LogP contribution in [0.1, 0.15) is 56.1 Å². The molecule has 32 heavy (non-hydrogen) atoms. The van der Waals surface area contributed by atoms with Crippen LogP contribution in [0.25, 0.3) is 11.1 Å². The number of hydrogen-bond donors (Lipinski definition) is 3. The van der Waals surface area contributed by atoms with E-state index >= 15 is 0 Å². The average molecular weight is 437 g/mol. The van der Waals surface area contributed by atoms with Crippen LogP contribution in [0.5, 0.6) is 0 Å². The number of ether oxygens (including phenoxy) is 1. The Morgan fingerprint density at radius 3 is 2.16 bits per heavy atom. The second-order valence-electron chi connectivity index (χ2n) is 8.63. The minimum atomic E-state index is -1.06. The molecule has 1 fully saturated rings. The summed E-state index contributed by atoms with van der Waals surface area (Å²) in [6.45, 7) is 1.91. The van der Waals surface area contributed by atoms with E-state index in [1.807, 2.05) is 24.3 Å². The lowest BCUT2D eigenvalue weighted by Gasteiger charge is -2.41. The SMILES string of the molecule is CCC(NC(=O)CC1(NC(=O)OCC2c3ccccc3-c3ccccc32)CCC1)C(=O)O. The van der Waals surface area contributed by atoms with Gasteiger partial charge < -0.3 is 20.5 Å². The average Bonchev–Trinajstić information content (AvgIpc) is 3.08. The minimum Gasteiger partial charge on any atom is -0.480 e. The Hall–Kier alpha value is -3.35. The fourth-order valence-electron chi connectivity index (χ4n) is 4.69. The van der Waals surface area contributed by atoms with Crippen molar-refractivity contribution in [1.82, 2.24) is 10.6 Å². The van der Waals surface area contributed by atoms with E-state index < -0.39 is 23.6 Å². The molecular weight excluding hydrogens is 408 g/mol. The van der Waals surface area contributed by atoms with Crippen LogP contribution in [-0.4, -0.2) is 41.3 Å². The summed E-state index contributed by atoms with van der Waals surface area (Å²) in [4.78, 5) is 36.2. The van der Waals surface area contributed by atoms with Gasteiger partial charge in [-0.3, -0.25) is 4.79 Å². The van der Waals surface area contributed by atoms with E-state index in [9.17, 15) is 14.4 Å². The number of rotatable bonds is 8. The molecule has 0 radical (unpaired) electrons. The van der Waals surface area contributed by atoms with Crippen LogP contribution in [0.2, 0.25) is 0 Å². The second-order valence-corrected chi connectivity index (χ2v) is 8.63. The van der Waals surface area contributed by atoms with Crippen LogP contribution in [0.15, 0.2) is 48.5 Å². The number of carboxylic acids is 1. The van der Waals surface area contributed by atoms with Gasteiger partial charge in [-0.15, -0.1) is 0 Å². The third-order valence-electron chi connectivity index (χ3n) is 6.56. The summed E-state index contributed by atoms with van der Waals surface area (Å²) in [7, 11) is 0. The Bertz CT molecular complexity index is 985. The minimum absolute atomic E-state index is 0.0327. The van der Waals surface area contributed by atoms with Crippen molar-refractivity contribution in [3.05, 3.63) is 59.7 Å². The number of aliphatic carboxylic acids is 1. The van der Waals surface area contributed by atoms with Crippen LogP contribution in [-0.2, 0) is 14.3 Å². The highest BCUT2D eigenvalue weighted by atomic mass is 16.5. The van der Waals surface area contributed by atoms with Crippen molar-refractivity contribution in [3.63, 3.8) is 0 Å². The maximum Gasteiger partial charge on any atom is 0.407 e. The second kappa shape index (κ2) is 9.02. The number of hydrogen-bond acceptors (Lipinski definition) is 4. The zero-order valence-corrected chi connectivity index (χ0v) is 18.1. The topological polar surface area (TPSA) is 105 Å². The number of alkyl carbamates (subject to hydrolysis) is 1. The molecule has 2 aromatic carbocycles. The van der Waals surface area contributed by atoms with Crippen molar-refractivity contribution in [1.29, 1.82) is 0 Å². The van der Waals surface area contributed by atoms with E-state index in [1.54, 1.807) is 6.92 Å². The van der Waals surface area contributed by atoms with Gasteiger partial charge in [0.25, 0.3) is 0 Å². The summed E-state index contributed by atoms with van der Waals surface area (Å²) in [5.41, 5.74) is 3.92. The van der Waals surface area contributed by atoms with Crippen molar-refractivity contribution in [3.8, 4) is 11.1 Å². The van der Waals surface area contributed by atoms with E-state index in [1.165, 1.54) is 0 Å². The number of nitrogens with one attached hydrogen (secondary N) is 2. The van der Waals surface area contributed by atoms with E-state index in [2.05, 4.69) is 34.9 Å². The molecule has 3 N–H and O–H groups in total. The van der Waals surface area contributed by atoms with Gasteiger partial charge in [0.2, 0.25) is 5.91 Å². The third kappa shape index (κ3) is 4.33. The van der Waals surface area contributed by atoms with Gasteiger partial charge in [0.1, 0.15) is 12.6 Å². The Balaban J connectivity index is 1.37. The number of carboxylic acid groups (broad SMARTS) is 1. The number of carbonyl (C=O) groups excluding carboxylic acids is 2. The van der Waals surface area contributed by atoms with Crippen molar-refractivity contribution in [2.24, 2.45) is 0 Å². The molecule has 0 saturated heterocycles. The summed E-state index contributed by atoms with van der Waals surface area (Å²) < 4.78 is 5.62. The van der Waals surface area contributed by atoms with Gasteiger partial charge in [0.05, 0.1) is 5.54 Å². The summed E-state index contributed by atoms with van der Waals surface area (Å²) in [6.07, 6.45) is 2.01. The van der Waals surface area contributed by atoms with E-state index in [-0.39, 0.29) is 24.9 Å². The smallest absolute Gasteiger partial charge is 0.407 e. The molecule has 2 aliphatic rings. The van der Waals surface area contributed by atoms with Gasteiger partial charge in [-0.2, -0.15) is 0 Å². The molecule has 0 heterocycles. The number of fused-ring (bicyclic) bond motifs is 3. The van der Waals surface area contributed by atoms with Gasteiger partial charge in [-0.05, 0) is 47.9 Å². The molecular formula is C25H28N2O5. The molecule has 168 valence electrons. The molecule has 1 saturated carbocycles. The summed E-state index contributed by atoms with van der Waals surface area (Å²) in [5.74, 6) is -1.47. The van der Waals surface area contributed by atoms with Crippen LogP contribution < -0.4 is 10.6 Å². The Kier molecular flexibility index (Phi) is 6.17. The van der Waals surface area contributed by atoms with Crippen molar-refractivity contribution < 1.29 is 24.2 Å². The predicted octanol–water partition coefficient (Wildman–Crippen LogP) is 3.82. The molecule has 1 unspecified atom stereocenters. The van der Waals surface area contributed by atoms with Crippen molar-refractivity contribution >= 4 is 18.0 Å². The first kappa shape index (κ1) is 21.9. The van der Waals surface area contributed by atoms with E-state index in [4.69, 9.17) is 9.84 Å². The Morgan fingerprint density at radius 1 is 1.06 bits per heavy atom.